The summed E-state index contributed by atoms with van der Waals surface area (Å²) in [6, 6.07) is 11.5. The van der Waals surface area contributed by atoms with Gasteiger partial charge in [-0.05, 0) is 77.4 Å². The second-order valence-electron chi connectivity index (χ2n) is 7.22. The zero-order valence-corrected chi connectivity index (χ0v) is 19.8. The lowest BCUT2D eigenvalue weighted by molar-refractivity contribution is 0.412. The number of nitrogens with zero attached hydrogens (tertiary/aromatic N) is 3. The molecule has 3 aromatic rings. The molecule has 7 heteroatoms. The maximum atomic E-state index is 13.3. The van der Waals surface area contributed by atoms with Crippen molar-refractivity contribution in [3.05, 3.63) is 66.2 Å². The molecule has 0 N–H and O–H groups in total. The summed E-state index contributed by atoms with van der Waals surface area (Å²) in [5, 5.41) is 5.15. The van der Waals surface area contributed by atoms with Crippen LogP contribution in [0.4, 0.5) is 0 Å². The van der Waals surface area contributed by atoms with E-state index in [1.165, 1.54) is 23.9 Å². The zero-order valence-electron chi connectivity index (χ0n) is 16.1. The van der Waals surface area contributed by atoms with E-state index in [-0.39, 0.29) is 11.5 Å². The molecule has 5 nitrogen and oxygen atoms in total. The minimum atomic E-state index is -0.128. The first-order valence-electron chi connectivity index (χ1n) is 9.67. The number of hydrogen-bond donors (Lipinski definition) is 0. The third-order valence-corrected chi connectivity index (χ3v) is 6.64. The summed E-state index contributed by atoms with van der Waals surface area (Å²) in [5.41, 5.74) is 1.51. The Balaban J connectivity index is 1.83. The van der Waals surface area contributed by atoms with Crippen LogP contribution in [0, 0.1) is 3.57 Å². The Morgan fingerprint density at radius 3 is 2.72 bits per heavy atom. The largest absolute Gasteiger partial charge is 0.496 e. The highest BCUT2D eigenvalue weighted by atomic mass is 127. The maximum absolute atomic E-state index is 13.3. The van der Waals surface area contributed by atoms with Crippen LogP contribution in [0.25, 0.3) is 10.9 Å². The van der Waals surface area contributed by atoms with E-state index in [1.807, 2.05) is 36.4 Å². The Kier molecular flexibility index (Phi) is 6.34. The van der Waals surface area contributed by atoms with Crippen LogP contribution in [0.1, 0.15) is 49.4 Å². The van der Waals surface area contributed by atoms with Gasteiger partial charge in [0.05, 0.1) is 27.8 Å². The fourth-order valence-electron chi connectivity index (χ4n) is 3.79. The number of methoxy groups -OCH3 is 1. The van der Waals surface area contributed by atoms with Gasteiger partial charge in [0.15, 0.2) is 0 Å². The Hall–Kier alpha value is -1.74. The first-order valence-corrected chi connectivity index (χ1v) is 11.5. The molecule has 0 aliphatic heterocycles. The third kappa shape index (κ3) is 4.40. The number of ether oxygens (including phenoxy) is 1. The fourth-order valence-corrected chi connectivity index (χ4v) is 4.91. The van der Waals surface area contributed by atoms with Crippen LogP contribution in [0.15, 0.2) is 50.8 Å². The van der Waals surface area contributed by atoms with Gasteiger partial charge in [0.25, 0.3) is 5.56 Å². The predicted octanol–water partition coefficient (Wildman–Crippen LogP) is 5.70. The molecule has 0 bridgehead atoms. The Morgan fingerprint density at radius 2 is 2.00 bits per heavy atom. The van der Waals surface area contributed by atoms with Crippen molar-refractivity contribution in [2.24, 2.45) is 5.10 Å². The minimum Gasteiger partial charge on any atom is -0.496 e. The Morgan fingerprint density at radius 1 is 1.21 bits per heavy atom. The molecule has 1 aliphatic rings. The quantitative estimate of drug-likeness (QED) is 0.301. The summed E-state index contributed by atoms with van der Waals surface area (Å²) in [6.45, 7) is 0. The molecular formula is C22H21BrIN3O2. The van der Waals surface area contributed by atoms with Crippen molar-refractivity contribution in [1.29, 1.82) is 0 Å². The molecule has 1 saturated carbocycles. The second kappa shape index (κ2) is 8.95. The summed E-state index contributed by atoms with van der Waals surface area (Å²) in [5.74, 6) is 1.85. The highest BCUT2D eigenvalue weighted by Crippen LogP contribution is 2.32. The Bertz CT molecular complexity index is 1140. The maximum Gasteiger partial charge on any atom is 0.282 e. The Labute approximate surface area is 191 Å². The SMILES string of the molecule is COc1ccc(C=Nn2c(C3CCCCC3)nc3ccc(Br)cc3c2=O)cc1I. The number of aromatic nitrogens is 2. The third-order valence-electron chi connectivity index (χ3n) is 5.30. The van der Waals surface area contributed by atoms with Gasteiger partial charge in [-0.2, -0.15) is 9.78 Å². The smallest absolute Gasteiger partial charge is 0.282 e. The molecule has 0 spiro atoms. The van der Waals surface area contributed by atoms with Crippen LogP contribution >= 0.6 is 38.5 Å². The highest BCUT2D eigenvalue weighted by Gasteiger charge is 2.22. The van der Waals surface area contributed by atoms with Crippen molar-refractivity contribution in [2.45, 2.75) is 38.0 Å². The lowest BCUT2D eigenvalue weighted by Gasteiger charge is -2.22. The zero-order chi connectivity index (χ0) is 20.4. The van der Waals surface area contributed by atoms with Gasteiger partial charge >= 0.3 is 0 Å². The van der Waals surface area contributed by atoms with Gasteiger partial charge in [0, 0.05) is 10.4 Å². The van der Waals surface area contributed by atoms with E-state index >= 15 is 0 Å². The van der Waals surface area contributed by atoms with Gasteiger partial charge < -0.3 is 4.74 Å². The summed E-state index contributed by atoms with van der Waals surface area (Å²) >= 11 is 5.69. The van der Waals surface area contributed by atoms with E-state index in [0.29, 0.717) is 5.39 Å². The topological polar surface area (TPSA) is 56.5 Å². The van der Waals surface area contributed by atoms with Gasteiger partial charge in [-0.1, -0.05) is 35.2 Å². The molecule has 0 atom stereocenters. The normalized spacial score (nSPS) is 15.3. The molecule has 150 valence electrons. The van der Waals surface area contributed by atoms with Gasteiger partial charge in [0.1, 0.15) is 11.6 Å². The van der Waals surface area contributed by atoms with E-state index in [2.05, 4.69) is 43.6 Å². The number of halogens is 2. The molecule has 0 saturated heterocycles. The van der Waals surface area contributed by atoms with Crippen molar-refractivity contribution in [1.82, 2.24) is 9.66 Å². The van der Waals surface area contributed by atoms with E-state index in [0.717, 1.165) is 43.5 Å². The average Bonchev–Trinajstić information content (AvgIpc) is 2.74. The van der Waals surface area contributed by atoms with Crippen LogP contribution in [-0.2, 0) is 0 Å². The molecule has 1 aliphatic carbocycles. The molecule has 0 radical (unpaired) electrons. The van der Waals surface area contributed by atoms with E-state index in [9.17, 15) is 4.79 Å². The molecule has 2 aromatic carbocycles. The minimum absolute atomic E-state index is 0.128. The van der Waals surface area contributed by atoms with Crippen LogP contribution in [0.5, 0.6) is 5.75 Å². The van der Waals surface area contributed by atoms with E-state index in [1.54, 1.807) is 13.3 Å². The number of fused-ring (bicyclic) bond motifs is 1. The molecule has 29 heavy (non-hydrogen) atoms. The molecule has 0 unspecified atom stereocenters. The molecule has 4 rings (SSSR count). The van der Waals surface area contributed by atoms with Crippen LogP contribution in [0.3, 0.4) is 0 Å². The second-order valence-corrected chi connectivity index (χ2v) is 9.30. The van der Waals surface area contributed by atoms with Gasteiger partial charge in [0.2, 0.25) is 0 Å². The van der Waals surface area contributed by atoms with Crippen molar-refractivity contribution in [3.63, 3.8) is 0 Å². The first kappa shape index (κ1) is 20.5. The van der Waals surface area contributed by atoms with Crippen LogP contribution in [0.2, 0.25) is 0 Å². The first-order chi connectivity index (χ1) is 14.1. The van der Waals surface area contributed by atoms with Crippen molar-refractivity contribution >= 4 is 55.6 Å². The van der Waals surface area contributed by atoms with Gasteiger partial charge in [-0.15, -0.1) is 0 Å². The number of rotatable bonds is 4. The number of hydrogen-bond acceptors (Lipinski definition) is 4. The highest BCUT2D eigenvalue weighted by molar-refractivity contribution is 14.1. The fraction of sp³-hybridized carbons (Fsp3) is 0.318. The summed E-state index contributed by atoms with van der Waals surface area (Å²) in [4.78, 5) is 18.2. The van der Waals surface area contributed by atoms with Crippen LogP contribution < -0.4 is 10.3 Å². The molecule has 1 aromatic heterocycles. The lowest BCUT2D eigenvalue weighted by atomic mass is 9.88. The van der Waals surface area contributed by atoms with E-state index < -0.39 is 0 Å². The summed E-state index contributed by atoms with van der Waals surface area (Å²) in [6.07, 6.45) is 7.39. The van der Waals surface area contributed by atoms with Crippen molar-refractivity contribution < 1.29 is 4.74 Å². The molecule has 0 amide bonds. The monoisotopic (exact) mass is 565 g/mol. The molecule has 1 heterocycles. The summed E-state index contributed by atoms with van der Waals surface area (Å²) in [7, 11) is 1.65. The average molecular weight is 566 g/mol. The summed E-state index contributed by atoms with van der Waals surface area (Å²) < 4.78 is 8.67. The van der Waals surface area contributed by atoms with Gasteiger partial charge in [-0.3, -0.25) is 4.79 Å². The van der Waals surface area contributed by atoms with Crippen LogP contribution in [-0.4, -0.2) is 23.0 Å². The molecule has 1 fully saturated rings. The van der Waals surface area contributed by atoms with E-state index in [4.69, 9.17) is 9.72 Å². The lowest BCUT2D eigenvalue weighted by Crippen LogP contribution is -2.25. The predicted molar refractivity (Wildman–Crippen MR) is 128 cm³/mol. The van der Waals surface area contributed by atoms with Crippen molar-refractivity contribution in [2.75, 3.05) is 7.11 Å². The standard InChI is InChI=1S/C22H21BrIN3O2/c1-29-20-10-7-14(11-18(20)24)13-25-27-21(15-5-3-2-4-6-15)26-19-9-8-16(23)12-17(19)22(27)28/h7-13,15H,2-6H2,1H3. The number of benzene rings is 2. The van der Waals surface area contributed by atoms with Crippen molar-refractivity contribution in [3.8, 4) is 5.75 Å². The molecular weight excluding hydrogens is 545 g/mol. The van der Waals surface area contributed by atoms with Gasteiger partial charge in [-0.25, -0.2) is 4.98 Å².